The first-order valence-corrected chi connectivity index (χ1v) is 11.2. The zero-order valence-electron chi connectivity index (χ0n) is 18.4. The van der Waals surface area contributed by atoms with Gasteiger partial charge >= 0.3 is 0 Å². The van der Waals surface area contributed by atoms with E-state index in [1.54, 1.807) is 12.1 Å². The summed E-state index contributed by atoms with van der Waals surface area (Å²) in [6, 6.07) is 30.4. The van der Waals surface area contributed by atoms with Gasteiger partial charge in [0.25, 0.3) is 5.91 Å². The number of nitrogens with one attached hydrogen (secondary N) is 2. The molecule has 4 aromatic carbocycles. The van der Waals surface area contributed by atoms with Gasteiger partial charge < -0.3 is 10.6 Å². The molecule has 0 aliphatic rings. The van der Waals surface area contributed by atoms with E-state index in [0.717, 1.165) is 39.1 Å². The molecule has 34 heavy (non-hydrogen) atoms. The van der Waals surface area contributed by atoms with Crippen molar-refractivity contribution in [2.24, 2.45) is 0 Å². The fourth-order valence-electron chi connectivity index (χ4n) is 3.65. The molecule has 0 fully saturated rings. The van der Waals surface area contributed by atoms with Crippen LogP contribution in [-0.4, -0.2) is 15.9 Å². The first kappa shape index (κ1) is 21.6. The summed E-state index contributed by atoms with van der Waals surface area (Å²) in [6.45, 7) is 2.01. The highest BCUT2D eigenvalue weighted by Gasteiger charge is 2.12. The molecule has 5 nitrogen and oxygen atoms in total. The highest BCUT2D eigenvalue weighted by molar-refractivity contribution is 6.31. The Morgan fingerprint density at radius 3 is 2.24 bits per heavy atom. The van der Waals surface area contributed by atoms with Crippen LogP contribution in [0.3, 0.4) is 0 Å². The molecule has 2 N–H and O–H groups in total. The number of aryl methyl sites for hydroxylation is 1. The van der Waals surface area contributed by atoms with Crippen LogP contribution in [-0.2, 0) is 0 Å². The van der Waals surface area contributed by atoms with Gasteiger partial charge in [-0.25, -0.2) is 9.97 Å². The van der Waals surface area contributed by atoms with Crippen LogP contribution in [0.15, 0.2) is 97.1 Å². The molecule has 0 saturated heterocycles. The van der Waals surface area contributed by atoms with Gasteiger partial charge in [0.2, 0.25) is 5.95 Å². The molecule has 0 unspecified atom stereocenters. The smallest absolute Gasteiger partial charge is 0.255 e. The molecule has 0 saturated carbocycles. The molecule has 0 aliphatic heterocycles. The quantitative estimate of drug-likeness (QED) is 0.287. The summed E-state index contributed by atoms with van der Waals surface area (Å²) in [7, 11) is 0. The highest BCUT2D eigenvalue weighted by atomic mass is 35.5. The zero-order chi connectivity index (χ0) is 23.5. The molecule has 0 atom stereocenters. The molecular weight excluding hydrogens is 444 g/mol. The Kier molecular flexibility index (Phi) is 5.93. The van der Waals surface area contributed by atoms with E-state index in [0.29, 0.717) is 16.5 Å². The molecule has 0 radical (unpaired) electrons. The van der Waals surface area contributed by atoms with Crippen LogP contribution in [0.4, 0.5) is 17.3 Å². The van der Waals surface area contributed by atoms with Gasteiger partial charge in [-0.05, 0) is 61.5 Å². The van der Waals surface area contributed by atoms with Crippen molar-refractivity contribution in [3.63, 3.8) is 0 Å². The number of rotatable bonds is 5. The lowest BCUT2D eigenvalue weighted by molar-refractivity contribution is 0.102. The van der Waals surface area contributed by atoms with Crippen LogP contribution in [0, 0.1) is 6.92 Å². The van der Waals surface area contributed by atoms with E-state index >= 15 is 0 Å². The number of hydrogen-bond donors (Lipinski definition) is 2. The van der Waals surface area contributed by atoms with Gasteiger partial charge in [0.15, 0.2) is 0 Å². The first-order chi connectivity index (χ1) is 16.5. The van der Waals surface area contributed by atoms with Crippen molar-refractivity contribution in [1.82, 2.24) is 9.97 Å². The maximum Gasteiger partial charge on any atom is 0.255 e. The Morgan fingerprint density at radius 2 is 1.50 bits per heavy atom. The fourth-order valence-corrected chi connectivity index (χ4v) is 3.82. The number of carbonyl (C=O) groups is 1. The summed E-state index contributed by atoms with van der Waals surface area (Å²) < 4.78 is 0. The molecule has 0 bridgehead atoms. The van der Waals surface area contributed by atoms with Crippen molar-refractivity contribution in [3.05, 3.63) is 113 Å². The Labute approximate surface area is 202 Å². The average Bonchev–Trinajstić information content (AvgIpc) is 2.86. The number of aromatic nitrogens is 2. The van der Waals surface area contributed by atoms with Crippen LogP contribution < -0.4 is 10.6 Å². The Balaban J connectivity index is 1.40. The third-order valence-electron chi connectivity index (χ3n) is 5.42. The van der Waals surface area contributed by atoms with E-state index in [1.807, 2.05) is 91.9 Å². The first-order valence-electron chi connectivity index (χ1n) is 10.8. The lowest BCUT2D eigenvalue weighted by atomic mass is 10.1. The van der Waals surface area contributed by atoms with Gasteiger partial charge in [-0.1, -0.05) is 59.6 Å². The summed E-state index contributed by atoms with van der Waals surface area (Å²) in [5, 5.41) is 7.68. The molecule has 5 aromatic rings. The number of anilines is 3. The van der Waals surface area contributed by atoms with Crippen LogP contribution in [0.2, 0.25) is 5.02 Å². The standard InChI is InChI=1S/C28H21ClN4O/c1-18-7-12-22(13-8-18)30-27(34)20-9-14-23(15-10-20)31-28-32-25-16-11-21(29)17-24(25)26(33-28)19-5-3-2-4-6-19/h2-17H,1H3,(H,30,34)(H,31,32,33). The zero-order valence-corrected chi connectivity index (χ0v) is 19.2. The molecule has 0 spiro atoms. The molecule has 1 heterocycles. The van der Waals surface area contributed by atoms with Crippen molar-refractivity contribution in [2.45, 2.75) is 6.92 Å². The molecule has 1 aromatic heterocycles. The second-order valence-corrected chi connectivity index (χ2v) is 8.38. The summed E-state index contributed by atoms with van der Waals surface area (Å²) in [4.78, 5) is 22.0. The number of benzene rings is 4. The fraction of sp³-hybridized carbons (Fsp3) is 0.0357. The van der Waals surface area contributed by atoms with E-state index < -0.39 is 0 Å². The Morgan fingerprint density at radius 1 is 0.794 bits per heavy atom. The summed E-state index contributed by atoms with van der Waals surface area (Å²) in [5.74, 6) is 0.297. The number of carbonyl (C=O) groups excluding carboxylic acids is 1. The SMILES string of the molecule is Cc1ccc(NC(=O)c2ccc(Nc3nc(-c4ccccc4)c4cc(Cl)ccc4n3)cc2)cc1. The Hall–Kier alpha value is -4.22. The third kappa shape index (κ3) is 4.75. The summed E-state index contributed by atoms with van der Waals surface area (Å²) in [5.41, 5.74) is 5.80. The molecule has 6 heteroatoms. The maximum absolute atomic E-state index is 12.6. The number of fused-ring (bicyclic) bond motifs is 1. The largest absolute Gasteiger partial charge is 0.324 e. The van der Waals surface area contributed by atoms with Crippen molar-refractivity contribution in [1.29, 1.82) is 0 Å². The van der Waals surface area contributed by atoms with Crippen molar-refractivity contribution in [2.75, 3.05) is 10.6 Å². The summed E-state index contributed by atoms with van der Waals surface area (Å²) in [6.07, 6.45) is 0. The van der Waals surface area contributed by atoms with Crippen molar-refractivity contribution >= 4 is 45.7 Å². The third-order valence-corrected chi connectivity index (χ3v) is 5.65. The molecular formula is C28H21ClN4O. The van der Waals surface area contributed by atoms with Gasteiger partial charge in [-0.3, -0.25) is 4.79 Å². The van der Waals surface area contributed by atoms with Crippen LogP contribution in [0.5, 0.6) is 0 Å². The topological polar surface area (TPSA) is 66.9 Å². The summed E-state index contributed by atoms with van der Waals surface area (Å²) >= 11 is 6.24. The number of hydrogen-bond acceptors (Lipinski definition) is 4. The minimum absolute atomic E-state index is 0.166. The van der Waals surface area contributed by atoms with E-state index in [-0.39, 0.29) is 5.91 Å². The predicted molar refractivity (Wildman–Crippen MR) is 139 cm³/mol. The monoisotopic (exact) mass is 464 g/mol. The van der Waals surface area contributed by atoms with E-state index in [4.69, 9.17) is 16.6 Å². The minimum atomic E-state index is -0.166. The molecule has 5 rings (SSSR count). The van der Waals surface area contributed by atoms with Gasteiger partial charge in [0, 0.05) is 32.9 Å². The number of amides is 1. The minimum Gasteiger partial charge on any atom is -0.324 e. The van der Waals surface area contributed by atoms with Crippen molar-refractivity contribution in [3.8, 4) is 11.3 Å². The maximum atomic E-state index is 12.6. The van der Waals surface area contributed by atoms with E-state index in [9.17, 15) is 4.79 Å². The van der Waals surface area contributed by atoms with E-state index in [2.05, 4.69) is 15.6 Å². The Bertz CT molecular complexity index is 1470. The van der Waals surface area contributed by atoms with Gasteiger partial charge in [-0.15, -0.1) is 0 Å². The second-order valence-electron chi connectivity index (χ2n) is 7.95. The van der Waals surface area contributed by atoms with Gasteiger partial charge in [0.1, 0.15) is 0 Å². The lowest BCUT2D eigenvalue weighted by Crippen LogP contribution is -2.11. The average molecular weight is 465 g/mol. The lowest BCUT2D eigenvalue weighted by Gasteiger charge is -2.11. The van der Waals surface area contributed by atoms with Crippen LogP contribution in [0.25, 0.3) is 22.2 Å². The number of halogens is 1. The van der Waals surface area contributed by atoms with Crippen molar-refractivity contribution < 1.29 is 4.79 Å². The van der Waals surface area contributed by atoms with E-state index in [1.165, 1.54) is 0 Å². The molecule has 0 aliphatic carbocycles. The van der Waals surface area contributed by atoms with Gasteiger partial charge in [-0.2, -0.15) is 0 Å². The molecule has 1 amide bonds. The highest BCUT2D eigenvalue weighted by Crippen LogP contribution is 2.30. The van der Waals surface area contributed by atoms with Crippen LogP contribution in [0.1, 0.15) is 15.9 Å². The second kappa shape index (κ2) is 9.33. The van der Waals surface area contributed by atoms with Crippen LogP contribution >= 0.6 is 11.6 Å². The predicted octanol–water partition coefficient (Wildman–Crippen LogP) is 7.25. The molecule has 166 valence electrons. The van der Waals surface area contributed by atoms with Gasteiger partial charge in [0.05, 0.1) is 11.2 Å². The normalized spacial score (nSPS) is 10.8. The number of nitrogens with zero attached hydrogens (tertiary/aromatic N) is 2.